The molecule has 2 aromatic heterocycles. The summed E-state index contributed by atoms with van der Waals surface area (Å²) in [4.78, 5) is 29.5. The first-order chi connectivity index (χ1) is 14.8. The van der Waals surface area contributed by atoms with Gasteiger partial charge >= 0.3 is 5.97 Å². The highest BCUT2D eigenvalue weighted by atomic mass is 35.5. The first kappa shape index (κ1) is 22.2. The van der Waals surface area contributed by atoms with Gasteiger partial charge in [0.25, 0.3) is 15.9 Å². The van der Waals surface area contributed by atoms with Crippen molar-refractivity contribution in [1.82, 2.24) is 8.87 Å². The number of fused-ring (bicyclic) bond motifs is 1. The number of sulfonamides is 1. The molecule has 31 heavy (non-hydrogen) atoms. The molecule has 0 radical (unpaired) electrons. The average Bonchev–Trinajstić information content (AvgIpc) is 3.47. The fourth-order valence-corrected chi connectivity index (χ4v) is 7.75. The number of hydrogen-bond donors (Lipinski definition) is 0. The molecule has 1 aliphatic heterocycles. The van der Waals surface area contributed by atoms with Gasteiger partial charge in [0.05, 0.1) is 21.7 Å². The van der Waals surface area contributed by atoms with Gasteiger partial charge in [-0.2, -0.15) is 9.30 Å². The lowest BCUT2D eigenvalue weighted by molar-refractivity contribution is -0.141. The van der Waals surface area contributed by atoms with E-state index in [-0.39, 0.29) is 17.3 Å². The summed E-state index contributed by atoms with van der Waals surface area (Å²) in [5.41, 5.74) is 0.744. The Kier molecular flexibility index (Phi) is 6.31. The molecular weight excluding hydrogens is 482 g/mol. The molecule has 0 bridgehead atoms. The minimum absolute atomic E-state index is 0.0971. The summed E-state index contributed by atoms with van der Waals surface area (Å²) in [6.07, 6.45) is 0.932. The molecule has 12 heteroatoms. The van der Waals surface area contributed by atoms with Crippen LogP contribution in [0.2, 0.25) is 4.34 Å². The van der Waals surface area contributed by atoms with Gasteiger partial charge < -0.3 is 9.30 Å². The van der Waals surface area contributed by atoms with Crippen LogP contribution < -0.4 is 4.80 Å². The normalized spacial score (nSPS) is 18.0. The third-order valence-corrected chi connectivity index (χ3v) is 9.58. The van der Waals surface area contributed by atoms with Crippen molar-refractivity contribution in [2.45, 2.75) is 29.6 Å². The molecule has 4 rings (SSSR count). The zero-order valence-electron chi connectivity index (χ0n) is 16.4. The van der Waals surface area contributed by atoms with Crippen LogP contribution in [0.1, 0.15) is 12.8 Å². The van der Waals surface area contributed by atoms with E-state index in [1.54, 1.807) is 4.57 Å². The second kappa shape index (κ2) is 8.83. The van der Waals surface area contributed by atoms with Crippen molar-refractivity contribution in [2.24, 2.45) is 4.99 Å². The second-order valence-electron chi connectivity index (χ2n) is 6.80. The number of aromatic nitrogens is 1. The number of esters is 1. The Morgan fingerprint density at radius 2 is 2.00 bits per heavy atom. The van der Waals surface area contributed by atoms with E-state index in [0.717, 1.165) is 21.6 Å². The third-order valence-electron chi connectivity index (χ3n) is 4.91. The Labute approximate surface area is 191 Å². The molecule has 0 aliphatic carbocycles. The minimum atomic E-state index is -3.85. The highest BCUT2D eigenvalue weighted by Gasteiger charge is 2.40. The Morgan fingerprint density at radius 3 is 2.71 bits per heavy atom. The molecule has 8 nitrogen and oxygen atoms in total. The van der Waals surface area contributed by atoms with Crippen molar-refractivity contribution in [3.05, 3.63) is 45.5 Å². The number of hydrogen-bond acceptors (Lipinski definition) is 7. The predicted octanol–water partition coefficient (Wildman–Crippen LogP) is 2.87. The summed E-state index contributed by atoms with van der Waals surface area (Å²) >= 11 is 8.11. The first-order valence-electron chi connectivity index (χ1n) is 9.32. The van der Waals surface area contributed by atoms with E-state index in [2.05, 4.69) is 4.99 Å². The van der Waals surface area contributed by atoms with Gasteiger partial charge in [-0.3, -0.25) is 9.59 Å². The summed E-state index contributed by atoms with van der Waals surface area (Å²) in [6.45, 7) is 0.130. The molecular formula is C19H18ClN3O5S3. The molecule has 1 unspecified atom stereocenters. The Bertz CT molecular complexity index is 1320. The fraction of sp³-hybridized carbons (Fsp3) is 0.316. The number of benzene rings is 1. The lowest BCUT2D eigenvalue weighted by Gasteiger charge is -2.20. The molecule has 3 heterocycles. The van der Waals surface area contributed by atoms with Gasteiger partial charge in [-0.1, -0.05) is 35.1 Å². The molecule has 1 aromatic carbocycles. The average molecular weight is 500 g/mol. The molecule has 0 spiro atoms. The zero-order chi connectivity index (χ0) is 22.2. The summed E-state index contributed by atoms with van der Waals surface area (Å²) in [5, 5.41) is 0. The van der Waals surface area contributed by atoms with Crippen LogP contribution in [0.3, 0.4) is 0 Å². The number of thiophene rings is 1. The number of rotatable bonds is 5. The van der Waals surface area contributed by atoms with E-state index < -0.39 is 27.9 Å². The largest absolute Gasteiger partial charge is 0.468 e. The van der Waals surface area contributed by atoms with Gasteiger partial charge in [0.1, 0.15) is 16.8 Å². The van der Waals surface area contributed by atoms with E-state index in [0.29, 0.717) is 22.0 Å². The number of para-hydroxylation sites is 1. The SMILES string of the molecule is COC(=O)Cn1c(=NC(=O)C2CCCN2S(=O)(=O)c2ccc(Cl)s2)sc2ccccc21. The monoisotopic (exact) mass is 499 g/mol. The standard InChI is InChI=1S/C19H18ClN3O5S3/c1-28-16(24)11-22-12-5-2-3-7-14(12)29-19(22)21-18(25)13-6-4-10-23(13)31(26,27)17-9-8-15(20)30-17/h2-3,5,7-9,13H,4,6,10-11H2,1H3. The number of thiazole rings is 1. The van der Waals surface area contributed by atoms with E-state index in [9.17, 15) is 18.0 Å². The van der Waals surface area contributed by atoms with E-state index in [4.69, 9.17) is 16.3 Å². The summed E-state index contributed by atoms with van der Waals surface area (Å²) < 4.78 is 34.9. The van der Waals surface area contributed by atoms with Crippen molar-refractivity contribution in [3.8, 4) is 0 Å². The lowest BCUT2D eigenvalue weighted by atomic mass is 10.2. The van der Waals surface area contributed by atoms with Crippen molar-refractivity contribution in [1.29, 1.82) is 0 Å². The quantitative estimate of drug-likeness (QED) is 0.503. The maximum atomic E-state index is 13.1. The molecule has 1 atom stereocenters. The van der Waals surface area contributed by atoms with Crippen LogP contribution in [0, 0.1) is 0 Å². The van der Waals surface area contributed by atoms with Gasteiger partial charge in [0.2, 0.25) is 0 Å². The third kappa shape index (κ3) is 4.33. The zero-order valence-corrected chi connectivity index (χ0v) is 19.6. The Balaban J connectivity index is 1.72. The molecule has 1 aliphatic rings. The van der Waals surface area contributed by atoms with Crippen molar-refractivity contribution in [2.75, 3.05) is 13.7 Å². The molecule has 1 saturated heterocycles. The number of carbonyl (C=O) groups excluding carboxylic acids is 2. The van der Waals surface area contributed by atoms with Crippen molar-refractivity contribution < 1.29 is 22.7 Å². The van der Waals surface area contributed by atoms with Gasteiger partial charge in [-0.25, -0.2) is 8.42 Å². The highest BCUT2D eigenvalue weighted by Crippen LogP contribution is 2.32. The van der Waals surface area contributed by atoms with Crippen LogP contribution >= 0.6 is 34.3 Å². The Hall–Kier alpha value is -2.05. The number of amides is 1. The predicted molar refractivity (Wildman–Crippen MR) is 119 cm³/mol. The molecule has 3 aromatic rings. The van der Waals surface area contributed by atoms with Gasteiger partial charge in [0, 0.05) is 6.54 Å². The van der Waals surface area contributed by atoms with Crippen LogP contribution in [0.5, 0.6) is 0 Å². The number of carbonyl (C=O) groups is 2. The summed E-state index contributed by atoms with van der Waals surface area (Å²) in [6, 6.07) is 9.42. The van der Waals surface area contributed by atoms with E-state index in [1.807, 2.05) is 24.3 Å². The van der Waals surface area contributed by atoms with Crippen molar-refractivity contribution in [3.63, 3.8) is 0 Å². The molecule has 1 fully saturated rings. The fourth-order valence-electron chi connectivity index (χ4n) is 3.45. The first-order valence-corrected chi connectivity index (χ1v) is 12.8. The number of methoxy groups -OCH3 is 1. The van der Waals surface area contributed by atoms with E-state index >= 15 is 0 Å². The topological polar surface area (TPSA) is 98.0 Å². The van der Waals surface area contributed by atoms with Gasteiger partial charge in [-0.05, 0) is 37.1 Å². The van der Waals surface area contributed by atoms with Gasteiger partial charge in [-0.15, -0.1) is 11.3 Å². The van der Waals surface area contributed by atoms with Crippen LogP contribution in [0.25, 0.3) is 10.2 Å². The molecule has 0 N–H and O–H groups in total. The highest BCUT2D eigenvalue weighted by molar-refractivity contribution is 7.91. The number of ether oxygens (including phenoxy) is 1. The lowest BCUT2D eigenvalue weighted by Crippen LogP contribution is -2.40. The van der Waals surface area contributed by atoms with Crippen LogP contribution in [-0.4, -0.2) is 48.9 Å². The number of halogens is 1. The van der Waals surface area contributed by atoms with Gasteiger partial charge in [0.15, 0.2) is 4.80 Å². The molecule has 164 valence electrons. The second-order valence-corrected chi connectivity index (χ2v) is 11.6. The van der Waals surface area contributed by atoms with Crippen molar-refractivity contribution >= 4 is 66.4 Å². The van der Waals surface area contributed by atoms with Crippen LogP contribution in [-0.2, 0) is 30.9 Å². The maximum Gasteiger partial charge on any atom is 0.325 e. The molecule has 0 saturated carbocycles. The van der Waals surface area contributed by atoms with E-state index in [1.165, 1.54) is 34.9 Å². The minimum Gasteiger partial charge on any atom is -0.468 e. The van der Waals surface area contributed by atoms with Crippen LogP contribution in [0.4, 0.5) is 0 Å². The summed E-state index contributed by atoms with van der Waals surface area (Å²) in [5.74, 6) is -1.04. The number of nitrogens with zero attached hydrogens (tertiary/aromatic N) is 3. The van der Waals surface area contributed by atoms with Crippen LogP contribution in [0.15, 0.2) is 45.6 Å². The Morgan fingerprint density at radius 1 is 1.23 bits per heavy atom. The smallest absolute Gasteiger partial charge is 0.325 e. The maximum absolute atomic E-state index is 13.1. The molecule has 1 amide bonds. The summed E-state index contributed by atoms with van der Waals surface area (Å²) in [7, 11) is -2.56.